The maximum absolute atomic E-state index is 12.8. The van der Waals surface area contributed by atoms with Crippen molar-refractivity contribution in [3.8, 4) is 0 Å². The van der Waals surface area contributed by atoms with Crippen molar-refractivity contribution in [1.29, 1.82) is 0 Å². The first-order chi connectivity index (χ1) is 10.7. The molecule has 1 aromatic rings. The summed E-state index contributed by atoms with van der Waals surface area (Å²) >= 11 is 0. The number of rotatable bonds is 6. The summed E-state index contributed by atoms with van der Waals surface area (Å²) in [5.41, 5.74) is 7.90. The Morgan fingerprint density at radius 2 is 1.78 bits per heavy atom. The highest BCUT2D eigenvalue weighted by Crippen LogP contribution is 2.33. The average molecular weight is 337 g/mol. The summed E-state index contributed by atoms with van der Waals surface area (Å²) in [7, 11) is 0. The molecular formula is C19H29ClN2O. The fourth-order valence-electron chi connectivity index (χ4n) is 3.57. The van der Waals surface area contributed by atoms with Gasteiger partial charge in [-0.25, -0.2) is 0 Å². The van der Waals surface area contributed by atoms with Gasteiger partial charge in [0.25, 0.3) is 0 Å². The van der Waals surface area contributed by atoms with E-state index in [1.54, 1.807) is 0 Å². The third-order valence-corrected chi connectivity index (χ3v) is 5.15. The second kappa shape index (κ2) is 8.58. The molecule has 2 saturated carbocycles. The number of carbonyl (C=O) groups is 1. The third kappa shape index (κ3) is 5.13. The smallest absolute Gasteiger partial charge is 0.223 e. The zero-order valence-electron chi connectivity index (χ0n) is 13.9. The maximum atomic E-state index is 12.8. The van der Waals surface area contributed by atoms with E-state index in [0.29, 0.717) is 18.4 Å². The van der Waals surface area contributed by atoms with E-state index >= 15 is 0 Å². The Bertz CT molecular complexity index is 510. The number of anilines is 1. The summed E-state index contributed by atoms with van der Waals surface area (Å²) in [6, 6.07) is 8.40. The highest BCUT2D eigenvalue weighted by molar-refractivity contribution is 5.85. The monoisotopic (exact) mass is 336 g/mol. The lowest BCUT2D eigenvalue weighted by molar-refractivity contribution is -0.134. The van der Waals surface area contributed by atoms with E-state index in [9.17, 15) is 4.79 Å². The molecule has 128 valence electrons. The van der Waals surface area contributed by atoms with E-state index in [0.717, 1.165) is 30.1 Å². The van der Waals surface area contributed by atoms with Crippen LogP contribution in [0, 0.1) is 5.92 Å². The van der Waals surface area contributed by atoms with Gasteiger partial charge in [-0.15, -0.1) is 12.4 Å². The number of hydrogen-bond acceptors (Lipinski definition) is 2. The quantitative estimate of drug-likeness (QED) is 0.791. The van der Waals surface area contributed by atoms with Gasteiger partial charge in [-0.1, -0.05) is 37.5 Å². The number of amides is 1. The molecule has 0 aliphatic heterocycles. The molecule has 0 saturated heterocycles. The largest absolute Gasteiger partial charge is 0.399 e. The minimum absolute atomic E-state index is 0. The summed E-state index contributed by atoms with van der Waals surface area (Å²) in [6.07, 6.45) is 10.3. The van der Waals surface area contributed by atoms with Crippen molar-refractivity contribution in [2.24, 2.45) is 5.92 Å². The van der Waals surface area contributed by atoms with E-state index in [1.807, 2.05) is 24.3 Å². The minimum atomic E-state index is 0. The summed E-state index contributed by atoms with van der Waals surface area (Å²) in [5.74, 6) is 1.11. The van der Waals surface area contributed by atoms with Gasteiger partial charge < -0.3 is 10.6 Å². The van der Waals surface area contributed by atoms with Gasteiger partial charge in [0.2, 0.25) is 5.91 Å². The molecule has 23 heavy (non-hydrogen) atoms. The van der Waals surface area contributed by atoms with Crippen LogP contribution in [0.25, 0.3) is 0 Å². The number of benzene rings is 1. The molecular weight excluding hydrogens is 308 g/mol. The lowest BCUT2D eigenvalue weighted by Crippen LogP contribution is -2.42. The first kappa shape index (κ1) is 18.1. The van der Waals surface area contributed by atoms with Gasteiger partial charge in [0, 0.05) is 24.7 Å². The van der Waals surface area contributed by atoms with Crippen molar-refractivity contribution in [1.82, 2.24) is 4.90 Å². The first-order valence-corrected chi connectivity index (χ1v) is 8.87. The van der Waals surface area contributed by atoms with E-state index < -0.39 is 0 Å². The number of halogens is 1. The molecule has 2 aliphatic rings. The van der Waals surface area contributed by atoms with Crippen LogP contribution in [0.5, 0.6) is 0 Å². The summed E-state index contributed by atoms with van der Waals surface area (Å²) in [4.78, 5) is 15.0. The lowest BCUT2D eigenvalue weighted by atomic mass is 9.93. The summed E-state index contributed by atoms with van der Waals surface area (Å²) < 4.78 is 0. The van der Waals surface area contributed by atoms with Crippen molar-refractivity contribution in [2.45, 2.75) is 63.8 Å². The molecule has 3 nitrogen and oxygen atoms in total. The topological polar surface area (TPSA) is 46.3 Å². The van der Waals surface area contributed by atoms with Crippen LogP contribution in [-0.4, -0.2) is 23.4 Å². The number of aryl methyl sites for hydroxylation is 1. The summed E-state index contributed by atoms with van der Waals surface area (Å²) in [5, 5.41) is 0. The van der Waals surface area contributed by atoms with E-state index in [1.165, 1.54) is 44.9 Å². The lowest BCUT2D eigenvalue weighted by Gasteiger charge is -2.34. The zero-order chi connectivity index (χ0) is 15.4. The molecule has 3 rings (SSSR count). The molecule has 0 unspecified atom stereocenters. The molecule has 2 aliphatic carbocycles. The fraction of sp³-hybridized carbons (Fsp3) is 0.632. The van der Waals surface area contributed by atoms with Gasteiger partial charge in [-0.3, -0.25) is 4.79 Å². The van der Waals surface area contributed by atoms with Crippen LogP contribution < -0.4 is 5.73 Å². The second-order valence-corrected chi connectivity index (χ2v) is 6.98. The molecule has 0 heterocycles. The average Bonchev–Trinajstić information content (AvgIpc) is 3.36. The zero-order valence-corrected chi connectivity index (χ0v) is 14.7. The van der Waals surface area contributed by atoms with Crippen molar-refractivity contribution < 1.29 is 4.79 Å². The van der Waals surface area contributed by atoms with Gasteiger partial charge in [0.05, 0.1) is 0 Å². The first-order valence-electron chi connectivity index (χ1n) is 8.87. The van der Waals surface area contributed by atoms with Gasteiger partial charge >= 0.3 is 0 Å². The van der Waals surface area contributed by atoms with Gasteiger partial charge in [-0.2, -0.15) is 0 Å². The number of nitrogens with two attached hydrogens (primary N) is 1. The van der Waals surface area contributed by atoms with Crippen LogP contribution >= 0.6 is 12.4 Å². The SMILES string of the molecule is Cl.Nc1ccccc1CCC(=O)N(CC1CC1)C1CCCCC1. The molecule has 0 bridgehead atoms. The van der Waals surface area contributed by atoms with Gasteiger partial charge in [0.1, 0.15) is 0 Å². The Morgan fingerprint density at radius 1 is 1.09 bits per heavy atom. The number of nitrogen functional groups attached to an aromatic ring is 1. The molecule has 0 atom stereocenters. The van der Waals surface area contributed by atoms with Crippen LogP contribution in [0.2, 0.25) is 0 Å². The maximum Gasteiger partial charge on any atom is 0.223 e. The Hall–Kier alpha value is -1.22. The minimum Gasteiger partial charge on any atom is -0.399 e. The number of nitrogens with zero attached hydrogens (tertiary/aromatic N) is 1. The Morgan fingerprint density at radius 3 is 2.43 bits per heavy atom. The van der Waals surface area contributed by atoms with Crippen molar-refractivity contribution in [2.75, 3.05) is 12.3 Å². The second-order valence-electron chi connectivity index (χ2n) is 6.98. The molecule has 0 spiro atoms. The van der Waals surface area contributed by atoms with Crippen LogP contribution in [0.3, 0.4) is 0 Å². The Balaban J connectivity index is 0.00000192. The number of carbonyl (C=O) groups excluding carboxylic acids is 1. The third-order valence-electron chi connectivity index (χ3n) is 5.15. The summed E-state index contributed by atoms with van der Waals surface area (Å²) in [6.45, 7) is 0.994. The molecule has 4 heteroatoms. The number of hydrogen-bond donors (Lipinski definition) is 1. The Labute approximate surface area is 146 Å². The highest BCUT2D eigenvalue weighted by Gasteiger charge is 2.31. The van der Waals surface area contributed by atoms with Crippen LogP contribution in [0.4, 0.5) is 5.69 Å². The molecule has 2 N–H and O–H groups in total. The van der Waals surface area contributed by atoms with Crippen molar-refractivity contribution in [3.05, 3.63) is 29.8 Å². The van der Waals surface area contributed by atoms with Crippen LogP contribution in [0.15, 0.2) is 24.3 Å². The van der Waals surface area contributed by atoms with E-state index in [-0.39, 0.29) is 12.4 Å². The van der Waals surface area contributed by atoms with E-state index in [2.05, 4.69) is 4.90 Å². The normalized spacial score (nSPS) is 18.3. The van der Waals surface area contributed by atoms with E-state index in [4.69, 9.17) is 5.73 Å². The van der Waals surface area contributed by atoms with Gasteiger partial charge in [-0.05, 0) is 49.7 Å². The molecule has 1 aromatic carbocycles. The predicted molar refractivity (Wildman–Crippen MR) is 97.7 cm³/mol. The van der Waals surface area contributed by atoms with Crippen LogP contribution in [-0.2, 0) is 11.2 Å². The number of para-hydroxylation sites is 1. The fourth-order valence-corrected chi connectivity index (χ4v) is 3.57. The van der Waals surface area contributed by atoms with Crippen molar-refractivity contribution >= 4 is 24.0 Å². The predicted octanol–water partition coefficient (Wildman–Crippen LogP) is 4.19. The Kier molecular flexibility index (Phi) is 6.76. The molecule has 0 radical (unpaired) electrons. The highest BCUT2D eigenvalue weighted by atomic mass is 35.5. The van der Waals surface area contributed by atoms with Crippen molar-refractivity contribution in [3.63, 3.8) is 0 Å². The molecule has 0 aromatic heterocycles. The van der Waals surface area contributed by atoms with Crippen LogP contribution in [0.1, 0.15) is 56.9 Å². The standard InChI is InChI=1S/C19H28N2O.ClH/c20-18-9-5-4-6-16(18)12-13-19(22)21(14-15-10-11-15)17-7-2-1-3-8-17;/h4-6,9,15,17H,1-3,7-8,10-14,20H2;1H. The molecule has 2 fully saturated rings. The van der Waals surface area contributed by atoms with Gasteiger partial charge in [0.15, 0.2) is 0 Å². The molecule has 1 amide bonds.